The third kappa shape index (κ3) is 4.97. The zero-order valence-corrected chi connectivity index (χ0v) is 7.66. The van der Waals surface area contributed by atoms with Gasteiger partial charge in [-0.05, 0) is 26.1 Å². The van der Waals surface area contributed by atoms with Crippen LogP contribution in [-0.4, -0.2) is 34.0 Å². The molecule has 0 aliphatic rings. The van der Waals surface area contributed by atoms with Crippen molar-refractivity contribution in [3.05, 3.63) is 12.3 Å². The molecule has 0 aromatic carbocycles. The Morgan fingerprint density at radius 1 is 1.62 bits per heavy atom. The SMILES string of the molecule is CC(C)(CO)N/C=C\C(=N)C(=O)O. The molecule has 0 radical (unpaired) electrons. The van der Waals surface area contributed by atoms with Crippen molar-refractivity contribution in [1.29, 1.82) is 5.41 Å². The number of aliphatic hydroxyl groups is 1. The normalized spacial score (nSPS) is 11.6. The van der Waals surface area contributed by atoms with Gasteiger partial charge in [-0.25, -0.2) is 4.79 Å². The van der Waals surface area contributed by atoms with Gasteiger partial charge in [0.05, 0.1) is 12.1 Å². The summed E-state index contributed by atoms with van der Waals surface area (Å²) in [7, 11) is 0. The number of aliphatic carboxylic acids is 1. The molecule has 0 atom stereocenters. The summed E-state index contributed by atoms with van der Waals surface area (Å²) in [5.41, 5.74) is -1.00. The highest BCUT2D eigenvalue weighted by Gasteiger charge is 2.12. The van der Waals surface area contributed by atoms with Crippen LogP contribution in [0, 0.1) is 5.41 Å². The first-order chi connectivity index (χ1) is 5.89. The van der Waals surface area contributed by atoms with Crippen LogP contribution in [0.2, 0.25) is 0 Å². The summed E-state index contributed by atoms with van der Waals surface area (Å²) in [5, 5.41) is 26.8. The Labute approximate surface area is 76.6 Å². The van der Waals surface area contributed by atoms with E-state index in [1.165, 1.54) is 6.20 Å². The Kier molecular flexibility index (Phi) is 4.13. The van der Waals surface area contributed by atoms with Gasteiger partial charge in [0.1, 0.15) is 5.71 Å². The fraction of sp³-hybridized carbons (Fsp3) is 0.500. The molecule has 0 heterocycles. The second-order valence-electron chi connectivity index (χ2n) is 3.24. The quantitative estimate of drug-likeness (QED) is 0.453. The predicted molar refractivity (Wildman–Crippen MR) is 48.8 cm³/mol. The first-order valence-electron chi connectivity index (χ1n) is 3.76. The highest BCUT2D eigenvalue weighted by Crippen LogP contribution is 1.98. The van der Waals surface area contributed by atoms with Crippen LogP contribution < -0.4 is 5.32 Å². The van der Waals surface area contributed by atoms with Crippen molar-refractivity contribution in [2.45, 2.75) is 19.4 Å². The van der Waals surface area contributed by atoms with Gasteiger partial charge in [-0.2, -0.15) is 0 Å². The highest BCUT2D eigenvalue weighted by molar-refractivity contribution is 6.38. The molecular formula is C8H14N2O3. The van der Waals surface area contributed by atoms with Gasteiger partial charge in [0, 0.05) is 0 Å². The first-order valence-corrected chi connectivity index (χ1v) is 3.76. The molecule has 0 aromatic heterocycles. The van der Waals surface area contributed by atoms with Crippen molar-refractivity contribution < 1.29 is 15.0 Å². The number of hydrogen-bond acceptors (Lipinski definition) is 4. The maximum Gasteiger partial charge on any atom is 0.353 e. The molecule has 0 amide bonds. The van der Waals surface area contributed by atoms with Gasteiger partial charge in [0.2, 0.25) is 0 Å². The lowest BCUT2D eigenvalue weighted by Crippen LogP contribution is -2.39. The van der Waals surface area contributed by atoms with E-state index >= 15 is 0 Å². The fourth-order valence-corrected chi connectivity index (χ4v) is 0.468. The van der Waals surface area contributed by atoms with Gasteiger partial charge in [-0.15, -0.1) is 0 Å². The van der Waals surface area contributed by atoms with Crippen molar-refractivity contribution in [2.24, 2.45) is 0 Å². The molecule has 0 saturated carbocycles. The van der Waals surface area contributed by atoms with Crippen LogP contribution in [0.25, 0.3) is 0 Å². The first kappa shape index (κ1) is 11.6. The van der Waals surface area contributed by atoms with Gasteiger partial charge in [0.25, 0.3) is 0 Å². The lowest BCUT2D eigenvalue weighted by Gasteiger charge is -2.21. The van der Waals surface area contributed by atoms with E-state index in [1.54, 1.807) is 13.8 Å². The second kappa shape index (κ2) is 4.61. The lowest BCUT2D eigenvalue weighted by molar-refractivity contribution is -0.129. The van der Waals surface area contributed by atoms with Crippen LogP contribution in [0.4, 0.5) is 0 Å². The van der Waals surface area contributed by atoms with E-state index in [2.05, 4.69) is 5.32 Å². The Hall–Kier alpha value is -1.36. The number of nitrogens with one attached hydrogen (secondary N) is 2. The van der Waals surface area contributed by atoms with Gasteiger partial charge < -0.3 is 15.5 Å². The van der Waals surface area contributed by atoms with E-state index < -0.39 is 17.2 Å². The largest absolute Gasteiger partial charge is 0.477 e. The molecule has 74 valence electrons. The van der Waals surface area contributed by atoms with E-state index in [4.69, 9.17) is 15.6 Å². The average molecular weight is 186 g/mol. The minimum Gasteiger partial charge on any atom is -0.477 e. The fourth-order valence-electron chi connectivity index (χ4n) is 0.468. The average Bonchev–Trinajstić information content (AvgIpc) is 2.04. The van der Waals surface area contributed by atoms with Gasteiger partial charge in [-0.1, -0.05) is 0 Å². The second-order valence-corrected chi connectivity index (χ2v) is 3.24. The Morgan fingerprint density at radius 3 is 2.54 bits per heavy atom. The van der Waals surface area contributed by atoms with Crippen LogP contribution in [0.5, 0.6) is 0 Å². The molecule has 0 aromatic rings. The third-order valence-electron chi connectivity index (χ3n) is 1.35. The minimum absolute atomic E-state index is 0.0717. The van der Waals surface area contributed by atoms with Crippen molar-refractivity contribution >= 4 is 11.7 Å². The summed E-state index contributed by atoms with van der Waals surface area (Å²) in [6, 6.07) is 0. The summed E-state index contributed by atoms with van der Waals surface area (Å²) in [6.07, 6.45) is 2.46. The molecule has 5 heteroatoms. The topological polar surface area (TPSA) is 93.4 Å². The van der Waals surface area contributed by atoms with Gasteiger partial charge >= 0.3 is 5.97 Å². The molecular weight excluding hydrogens is 172 g/mol. The monoisotopic (exact) mass is 186 g/mol. The standard InChI is InChI=1S/C8H14N2O3/c1-8(2,5-11)10-4-3-6(9)7(12)13/h3-4,9-11H,5H2,1-2H3,(H,12,13)/b4-3-,9-6?. The molecule has 0 fully saturated rings. The van der Waals surface area contributed by atoms with E-state index in [1.807, 2.05) is 0 Å². The van der Waals surface area contributed by atoms with E-state index in [9.17, 15) is 4.79 Å². The van der Waals surface area contributed by atoms with Crippen LogP contribution in [0.1, 0.15) is 13.8 Å². The number of aliphatic hydroxyl groups excluding tert-OH is 1. The Morgan fingerprint density at radius 2 is 2.15 bits per heavy atom. The molecule has 0 aliphatic heterocycles. The number of carbonyl (C=O) groups is 1. The summed E-state index contributed by atoms with van der Waals surface area (Å²) in [4.78, 5) is 10.2. The molecule has 13 heavy (non-hydrogen) atoms. The van der Waals surface area contributed by atoms with Gasteiger partial charge in [-0.3, -0.25) is 5.41 Å². The maximum atomic E-state index is 10.2. The number of rotatable bonds is 5. The van der Waals surface area contributed by atoms with E-state index in [0.29, 0.717) is 0 Å². The third-order valence-corrected chi connectivity index (χ3v) is 1.35. The summed E-state index contributed by atoms with van der Waals surface area (Å²) in [6.45, 7) is 3.43. The van der Waals surface area contributed by atoms with Crippen molar-refractivity contribution in [3.63, 3.8) is 0 Å². The molecule has 4 N–H and O–H groups in total. The summed E-state index contributed by atoms with van der Waals surface area (Å²) in [5.74, 6) is -1.28. The molecule has 0 spiro atoms. The van der Waals surface area contributed by atoms with Crippen LogP contribution in [0.15, 0.2) is 12.3 Å². The van der Waals surface area contributed by atoms with E-state index in [-0.39, 0.29) is 6.61 Å². The zero-order valence-electron chi connectivity index (χ0n) is 7.66. The predicted octanol–water partition coefficient (Wildman–Crippen LogP) is -0.0350. The minimum atomic E-state index is -1.28. The zero-order chi connectivity index (χ0) is 10.5. The van der Waals surface area contributed by atoms with Crippen molar-refractivity contribution in [2.75, 3.05) is 6.61 Å². The van der Waals surface area contributed by atoms with Crippen LogP contribution in [0.3, 0.4) is 0 Å². The molecule has 0 rings (SSSR count). The molecule has 0 unspecified atom stereocenters. The molecule has 5 nitrogen and oxygen atoms in total. The van der Waals surface area contributed by atoms with E-state index in [0.717, 1.165) is 6.08 Å². The highest BCUT2D eigenvalue weighted by atomic mass is 16.4. The molecule has 0 aliphatic carbocycles. The van der Waals surface area contributed by atoms with Gasteiger partial charge in [0.15, 0.2) is 0 Å². The number of hydrogen-bond donors (Lipinski definition) is 4. The lowest BCUT2D eigenvalue weighted by atomic mass is 10.1. The Balaban J connectivity index is 4.02. The molecule has 0 saturated heterocycles. The van der Waals surface area contributed by atoms with Crippen LogP contribution >= 0.6 is 0 Å². The summed E-state index contributed by atoms with van der Waals surface area (Å²) >= 11 is 0. The smallest absolute Gasteiger partial charge is 0.353 e. The number of carboxylic acid groups (broad SMARTS) is 1. The maximum absolute atomic E-state index is 10.2. The number of carboxylic acids is 1. The van der Waals surface area contributed by atoms with Crippen molar-refractivity contribution in [3.8, 4) is 0 Å². The Bertz CT molecular complexity index is 234. The van der Waals surface area contributed by atoms with Crippen LogP contribution in [-0.2, 0) is 4.79 Å². The van der Waals surface area contributed by atoms with Crippen molar-refractivity contribution in [1.82, 2.24) is 5.32 Å². The molecule has 0 bridgehead atoms. The summed E-state index contributed by atoms with van der Waals surface area (Å²) < 4.78 is 0.